The zero-order valence-electron chi connectivity index (χ0n) is 28.6. The zero-order chi connectivity index (χ0) is 29.4. The van der Waals surface area contributed by atoms with Crippen LogP contribution in [-0.4, -0.2) is 0 Å². The highest BCUT2D eigenvalue weighted by atomic mass is 14.7. The predicted molar refractivity (Wildman–Crippen MR) is 174 cm³/mol. The Morgan fingerprint density at radius 2 is 1.00 bits per heavy atom. The third-order valence-electron chi connectivity index (χ3n) is 13.8. The van der Waals surface area contributed by atoms with Crippen molar-refractivity contribution in [3.63, 3.8) is 0 Å². The second-order valence-corrected chi connectivity index (χ2v) is 19.2. The van der Waals surface area contributed by atoms with Gasteiger partial charge in [0.25, 0.3) is 0 Å². The Bertz CT molecular complexity index is 940. The molecule has 4 fully saturated rings. The molecular formula is C40H66. The van der Waals surface area contributed by atoms with Crippen LogP contribution in [0.4, 0.5) is 0 Å². The molecule has 4 aliphatic carbocycles. The average Bonchev–Trinajstić information content (AvgIpc) is 3.36. The molecule has 0 nitrogen and oxygen atoms in total. The second-order valence-electron chi connectivity index (χ2n) is 19.2. The van der Waals surface area contributed by atoms with Gasteiger partial charge in [0, 0.05) is 0 Å². The van der Waals surface area contributed by atoms with E-state index in [-0.39, 0.29) is 0 Å². The van der Waals surface area contributed by atoms with Crippen molar-refractivity contribution in [1.29, 1.82) is 0 Å². The summed E-state index contributed by atoms with van der Waals surface area (Å²) in [7, 11) is 0. The minimum absolute atomic E-state index is 0.419. The van der Waals surface area contributed by atoms with Gasteiger partial charge in [0.05, 0.1) is 0 Å². The summed E-state index contributed by atoms with van der Waals surface area (Å²) in [5.41, 5.74) is 2.95. The summed E-state index contributed by atoms with van der Waals surface area (Å²) >= 11 is 0. The van der Waals surface area contributed by atoms with Crippen molar-refractivity contribution >= 4 is 0 Å². The van der Waals surface area contributed by atoms with Crippen molar-refractivity contribution in [3.05, 3.63) is 35.9 Å². The van der Waals surface area contributed by atoms with Crippen LogP contribution in [-0.2, 0) is 0 Å². The molecule has 0 N–H and O–H groups in total. The number of rotatable bonds is 3. The molecule has 40 heavy (non-hydrogen) atoms. The van der Waals surface area contributed by atoms with Gasteiger partial charge in [-0.15, -0.1) is 0 Å². The van der Waals surface area contributed by atoms with Crippen molar-refractivity contribution in [2.45, 2.75) is 128 Å². The van der Waals surface area contributed by atoms with Gasteiger partial charge < -0.3 is 0 Å². The van der Waals surface area contributed by atoms with Gasteiger partial charge >= 0.3 is 0 Å². The molecule has 4 saturated carbocycles. The molecule has 12 unspecified atom stereocenters. The van der Waals surface area contributed by atoms with Crippen molar-refractivity contribution in [2.75, 3.05) is 0 Å². The van der Waals surface area contributed by atoms with E-state index >= 15 is 0 Å². The summed E-state index contributed by atoms with van der Waals surface area (Å²) in [5, 5.41) is 0. The first kappa shape index (κ1) is 30.7. The van der Waals surface area contributed by atoms with E-state index in [9.17, 15) is 0 Å². The number of hydrogen-bond donors (Lipinski definition) is 0. The summed E-state index contributed by atoms with van der Waals surface area (Å²) in [6, 6.07) is 12.0. The van der Waals surface area contributed by atoms with E-state index in [2.05, 4.69) is 113 Å². The number of hydrogen-bond acceptors (Lipinski definition) is 0. The predicted octanol–water partition coefficient (Wildman–Crippen LogP) is 11.8. The molecule has 1 aromatic rings. The Balaban J connectivity index is 1.59. The van der Waals surface area contributed by atoms with Crippen LogP contribution < -0.4 is 0 Å². The van der Waals surface area contributed by atoms with Gasteiger partial charge in [-0.2, -0.15) is 0 Å². The lowest BCUT2D eigenvalue weighted by Gasteiger charge is -2.48. The molecule has 0 spiro atoms. The molecule has 12 atom stereocenters. The molecule has 0 aromatic heterocycles. The molecular weight excluding hydrogens is 480 g/mol. The van der Waals surface area contributed by atoms with Crippen LogP contribution in [0.25, 0.3) is 0 Å². The highest BCUT2D eigenvalue weighted by Crippen LogP contribution is 2.68. The van der Waals surface area contributed by atoms with Crippen LogP contribution in [0.1, 0.15) is 133 Å². The Morgan fingerprint density at radius 1 is 0.525 bits per heavy atom. The van der Waals surface area contributed by atoms with Gasteiger partial charge in [0.15, 0.2) is 0 Å². The maximum Gasteiger partial charge on any atom is -0.00971 e. The fourth-order valence-corrected chi connectivity index (χ4v) is 12.0. The molecule has 0 radical (unpaired) electrons. The SMILES string of the molecule is CC1CC(C(C)(C)C)CC1C(c1ccccc1)C1C2CC(C)C(C(C)(C)C)CC2C2CC(C(C)(C)C)C(C)CC21. The normalized spacial score (nSPS) is 43.3. The maximum absolute atomic E-state index is 2.64. The molecule has 0 amide bonds. The summed E-state index contributed by atoms with van der Waals surface area (Å²) in [5.74, 6) is 11.3. The lowest BCUT2D eigenvalue weighted by molar-refractivity contribution is 0.0102. The van der Waals surface area contributed by atoms with Gasteiger partial charge in [-0.1, -0.05) is 113 Å². The quantitative estimate of drug-likeness (QED) is 0.353. The Hall–Kier alpha value is -0.780. The summed E-state index contributed by atoms with van der Waals surface area (Å²) in [6.45, 7) is 30.7. The average molecular weight is 547 g/mol. The van der Waals surface area contributed by atoms with Crippen molar-refractivity contribution in [1.82, 2.24) is 0 Å². The second kappa shape index (κ2) is 10.7. The fraction of sp³-hybridized carbons (Fsp3) is 0.850. The summed E-state index contributed by atoms with van der Waals surface area (Å²) in [4.78, 5) is 0. The molecule has 226 valence electrons. The van der Waals surface area contributed by atoms with Crippen molar-refractivity contribution < 1.29 is 0 Å². The van der Waals surface area contributed by atoms with E-state index in [1.54, 1.807) is 5.56 Å². The minimum atomic E-state index is 0.419. The van der Waals surface area contributed by atoms with Crippen LogP contribution >= 0.6 is 0 Å². The van der Waals surface area contributed by atoms with E-state index in [0.717, 1.165) is 76.9 Å². The van der Waals surface area contributed by atoms with Crippen LogP contribution in [0.15, 0.2) is 30.3 Å². The highest BCUT2D eigenvalue weighted by molar-refractivity contribution is 5.25. The van der Waals surface area contributed by atoms with Gasteiger partial charge in [0.1, 0.15) is 0 Å². The lowest BCUT2D eigenvalue weighted by atomic mass is 9.57. The van der Waals surface area contributed by atoms with E-state index in [1.165, 1.54) is 38.5 Å². The van der Waals surface area contributed by atoms with Crippen LogP contribution in [0, 0.1) is 87.3 Å². The molecule has 1 aromatic carbocycles. The highest BCUT2D eigenvalue weighted by Gasteiger charge is 2.60. The third-order valence-corrected chi connectivity index (χ3v) is 13.8. The zero-order valence-corrected chi connectivity index (χ0v) is 28.6. The first-order valence-electron chi connectivity index (χ1n) is 17.5. The van der Waals surface area contributed by atoms with Gasteiger partial charge in [0.2, 0.25) is 0 Å². The Kier molecular flexibility index (Phi) is 8.23. The Labute approximate surface area is 250 Å². The third kappa shape index (κ3) is 5.62. The molecule has 0 saturated heterocycles. The van der Waals surface area contributed by atoms with E-state index in [4.69, 9.17) is 0 Å². The van der Waals surface area contributed by atoms with E-state index in [1.807, 2.05) is 0 Å². The molecule has 0 bridgehead atoms. The van der Waals surface area contributed by atoms with Crippen LogP contribution in [0.5, 0.6) is 0 Å². The lowest BCUT2D eigenvalue weighted by Crippen LogP contribution is -2.40. The topological polar surface area (TPSA) is 0 Å². The van der Waals surface area contributed by atoms with Crippen LogP contribution in [0.3, 0.4) is 0 Å². The van der Waals surface area contributed by atoms with E-state index in [0.29, 0.717) is 16.2 Å². The molecule has 4 aliphatic rings. The standard InChI is InChI=1S/C40H66/c1-24-18-28(38(4,5)6)21-29(24)36(27-16-14-13-15-17-27)37-32-19-25(2)34(39(7,8)9)22-30(32)31-23-35(40(10,11)12)26(3)20-33(31)37/h13-17,24-26,28-37H,18-23H2,1-12H3. The summed E-state index contributed by atoms with van der Waals surface area (Å²) < 4.78 is 0. The maximum atomic E-state index is 2.64. The Morgan fingerprint density at radius 3 is 1.40 bits per heavy atom. The largest absolute Gasteiger partial charge is 0.0622 e. The van der Waals surface area contributed by atoms with Crippen molar-refractivity contribution in [3.8, 4) is 0 Å². The van der Waals surface area contributed by atoms with Gasteiger partial charge in [-0.25, -0.2) is 0 Å². The van der Waals surface area contributed by atoms with Crippen LogP contribution in [0.2, 0.25) is 0 Å². The molecule has 0 heteroatoms. The first-order chi connectivity index (χ1) is 18.5. The molecule has 0 aliphatic heterocycles. The smallest absolute Gasteiger partial charge is 0.00971 e. The van der Waals surface area contributed by atoms with Gasteiger partial charge in [-0.3, -0.25) is 0 Å². The number of fused-ring (bicyclic) bond motifs is 3. The fourth-order valence-electron chi connectivity index (χ4n) is 12.0. The minimum Gasteiger partial charge on any atom is -0.0622 e. The molecule has 5 rings (SSSR count). The molecule has 0 heterocycles. The monoisotopic (exact) mass is 547 g/mol. The number of benzene rings is 1. The van der Waals surface area contributed by atoms with Gasteiger partial charge in [-0.05, 0) is 137 Å². The summed E-state index contributed by atoms with van der Waals surface area (Å²) in [6.07, 6.45) is 8.81. The van der Waals surface area contributed by atoms with Crippen molar-refractivity contribution in [2.24, 2.45) is 87.3 Å². The first-order valence-corrected chi connectivity index (χ1v) is 17.5. The van der Waals surface area contributed by atoms with E-state index < -0.39 is 0 Å².